The van der Waals surface area contributed by atoms with E-state index in [1.54, 1.807) is 24.5 Å². The Morgan fingerprint density at radius 3 is 2.53 bits per heavy atom. The van der Waals surface area contributed by atoms with E-state index in [1.165, 1.54) is 18.4 Å². The summed E-state index contributed by atoms with van der Waals surface area (Å²) in [7, 11) is 1.34. The number of hydrogen-bond acceptors (Lipinski definition) is 6. The Kier molecular flexibility index (Phi) is 7.19. The maximum absolute atomic E-state index is 12.9. The number of esters is 1. The molecule has 7 heteroatoms. The van der Waals surface area contributed by atoms with Crippen molar-refractivity contribution in [2.24, 2.45) is 0 Å². The van der Waals surface area contributed by atoms with Crippen molar-refractivity contribution in [1.29, 1.82) is 0 Å². The Morgan fingerprint density at radius 1 is 1.17 bits per heavy atom. The van der Waals surface area contributed by atoms with Gasteiger partial charge in [0, 0.05) is 28.4 Å². The summed E-state index contributed by atoms with van der Waals surface area (Å²) in [6, 6.07) is 10.8. The summed E-state index contributed by atoms with van der Waals surface area (Å²) in [6.07, 6.45) is 3.56. The average Bonchev–Trinajstić information content (AvgIpc) is 3.28. The smallest absolute Gasteiger partial charge is 0.307 e. The number of nitrogens with zero attached hydrogens (tertiary/aromatic N) is 1. The minimum atomic E-state index is -0.438. The first-order valence-electron chi connectivity index (χ1n) is 9.52. The van der Waals surface area contributed by atoms with Crippen LogP contribution in [0, 0.1) is 13.8 Å². The zero-order valence-electron chi connectivity index (χ0n) is 17.2. The van der Waals surface area contributed by atoms with Gasteiger partial charge in [-0.15, -0.1) is 11.3 Å². The molecule has 0 fully saturated rings. The number of amides is 1. The Hall–Kier alpha value is -3.19. The van der Waals surface area contributed by atoms with Gasteiger partial charge in [0.2, 0.25) is 0 Å². The monoisotopic (exact) mass is 424 g/mol. The zero-order valence-corrected chi connectivity index (χ0v) is 18.0. The topological polar surface area (TPSA) is 77.5 Å². The van der Waals surface area contributed by atoms with Crippen LogP contribution in [-0.2, 0) is 16.1 Å². The van der Waals surface area contributed by atoms with Crippen molar-refractivity contribution < 1.29 is 19.1 Å². The molecule has 6 nitrogen and oxygen atoms in total. The maximum Gasteiger partial charge on any atom is 0.307 e. The number of carbonyl (C=O) groups excluding carboxylic acids is 2. The number of aromatic nitrogens is 1. The molecule has 0 aliphatic carbocycles. The molecule has 0 bridgehead atoms. The van der Waals surface area contributed by atoms with Crippen LogP contribution in [0.4, 0.5) is 0 Å². The molecular weight excluding hydrogens is 400 g/mol. The fourth-order valence-electron chi connectivity index (χ4n) is 3.15. The standard InChI is InChI=1S/C23H24N2O4S/c1-15-10-18(11-16(2)22(15)29-14-17-6-4-8-24-13-17)23(27)25-19(12-21(26)28-3)20-7-5-9-30-20/h4-11,13,19H,12,14H2,1-3H3,(H,25,27). The van der Waals surface area contributed by atoms with E-state index >= 15 is 0 Å². The summed E-state index contributed by atoms with van der Waals surface area (Å²) < 4.78 is 10.7. The number of carbonyl (C=O) groups is 2. The number of pyridine rings is 1. The lowest BCUT2D eigenvalue weighted by molar-refractivity contribution is -0.141. The van der Waals surface area contributed by atoms with Gasteiger partial charge in [0.15, 0.2) is 0 Å². The molecule has 2 heterocycles. The van der Waals surface area contributed by atoms with E-state index in [2.05, 4.69) is 10.3 Å². The van der Waals surface area contributed by atoms with Crippen LogP contribution in [0.1, 0.15) is 44.4 Å². The van der Waals surface area contributed by atoms with E-state index in [9.17, 15) is 9.59 Å². The van der Waals surface area contributed by atoms with E-state index in [-0.39, 0.29) is 18.3 Å². The fraction of sp³-hybridized carbons (Fsp3) is 0.261. The molecule has 1 unspecified atom stereocenters. The van der Waals surface area contributed by atoms with Crippen LogP contribution in [0.2, 0.25) is 0 Å². The number of thiophene rings is 1. The Labute approximate surface area is 179 Å². The van der Waals surface area contributed by atoms with Crippen LogP contribution in [-0.4, -0.2) is 24.0 Å². The van der Waals surface area contributed by atoms with Gasteiger partial charge in [0.05, 0.1) is 19.6 Å². The maximum atomic E-state index is 12.9. The lowest BCUT2D eigenvalue weighted by Gasteiger charge is -2.18. The number of ether oxygens (including phenoxy) is 2. The third kappa shape index (κ3) is 5.45. The number of methoxy groups -OCH3 is 1. The molecule has 1 amide bonds. The second-order valence-corrected chi connectivity index (χ2v) is 7.89. The summed E-state index contributed by atoms with van der Waals surface area (Å²) in [5.74, 6) is 0.127. The Balaban J connectivity index is 1.74. The van der Waals surface area contributed by atoms with E-state index in [0.717, 1.165) is 27.3 Å². The summed E-state index contributed by atoms with van der Waals surface area (Å²) in [5.41, 5.74) is 3.22. The van der Waals surface area contributed by atoms with Crippen molar-refractivity contribution in [3.8, 4) is 5.75 Å². The predicted octanol–water partition coefficient (Wildman–Crippen LogP) is 4.37. The molecule has 0 saturated carbocycles. The number of benzene rings is 1. The highest BCUT2D eigenvalue weighted by Crippen LogP contribution is 2.27. The first-order valence-corrected chi connectivity index (χ1v) is 10.4. The van der Waals surface area contributed by atoms with Crippen LogP contribution in [0.25, 0.3) is 0 Å². The number of rotatable bonds is 8. The minimum Gasteiger partial charge on any atom is -0.488 e. The van der Waals surface area contributed by atoms with Gasteiger partial charge in [-0.2, -0.15) is 0 Å². The SMILES string of the molecule is COC(=O)CC(NC(=O)c1cc(C)c(OCc2cccnc2)c(C)c1)c1cccs1. The normalized spacial score (nSPS) is 11.6. The van der Waals surface area contributed by atoms with Gasteiger partial charge in [0.1, 0.15) is 12.4 Å². The molecule has 30 heavy (non-hydrogen) atoms. The molecular formula is C23H24N2O4S. The minimum absolute atomic E-state index is 0.0764. The molecule has 156 valence electrons. The van der Waals surface area contributed by atoms with Gasteiger partial charge in [-0.3, -0.25) is 14.6 Å². The van der Waals surface area contributed by atoms with Crippen molar-refractivity contribution in [3.05, 3.63) is 81.3 Å². The highest BCUT2D eigenvalue weighted by atomic mass is 32.1. The molecule has 0 aliphatic rings. The second kappa shape index (κ2) is 10.0. The lowest BCUT2D eigenvalue weighted by Crippen LogP contribution is -2.30. The summed E-state index contributed by atoms with van der Waals surface area (Å²) in [6.45, 7) is 4.22. The molecule has 0 saturated heterocycles. The van der Waals surface area contributed by atoms with Gasteiger partial charge >= 0.3 is 5.97 Å². The van der Waals surface area contributed by atoms with Gasteiger partial charge in [-0.05, 0) is 54.6 Å². The second-order valence-electron chi connectivity index (χ2n) is 6.91. The summed E-state index contributed by atoms with van der Waals surface area (Å²) in [4.78, 5) is 29.7. The van der Waals surface area contributed by atoms with Crippen molar-refractivity contribution >= 4 is 23.2 Å². The molecule has 0 radical (unpaired) electrons. The summed E-state index contributed by atoms with van der Waals surface area (Å²) in [5, 5.41) is 4.87. The lowest BCUT2D eigenvalue weighted by atomic mass is 10.0. The van der Waals surface area contributed by atoms with Crippen molar-refractivity contribution in [2.45, 2.75) is 32.9 Å². The van der Waals surface area contributed by atoms with E-state index in [0.29, 0.717) is 12.2 Å². The van der Waals surface area contributed by atoms with Gasteiger partial charge in [-0.25, -0.2) is 0 Å². The molecule has 0 aliphatic heterocycles. The molecule has 1 atom stereocenters. The Bertz CT molecular complexity index is 980. The summed E-state index contributed by atoms with van der Waals surface area (Å²) >= 11 is 1.49. The third-order valence-electron chi connectivity index (χ3n) is 4.62. The van der Waals surface area contributed by atoms with Crippen molar-refractivity contribution in [2.75, 3.05) is 7.11 Å². The Morgan fingerprint density at radius 2 is 1.93 bits per heavy atom. The predicted molar refractivity (Wildman–Crippen MR) is 116 cm³/mol. The van der Waals surface area contributed by atoms with Crippen LogP contribution in [0.3, 0.4) is 0 Å². The fourth-order valence-corrected chi connectivity index (χ4v) is 3.93. The van der Waals surface area contributed by atoms with Crippen molar-refractivity contribution in [3.63, 3.8) is 0 Å². The van der Waals surface area contributed by atoms with Gasteiger partial charge < -0.3 is 14.8 Å². The first kappa shape index (κ1) is 21.5. The van der Waals surface area contributed by atoms with Crippen LogP contribution in [0.5, 0.6) is 5.75 Å². The van der Waals surface area contributed by atoms with Gasteiger partial charge in [-0.1, -0.05) is 12.1 Å². The van der Waals surface area contributed by atoms with Gasteiger partial charge in [0.25, 0.3) is 5.91 Å². The molecule has 0 spiro atoms. The zero-order chi connectivity index (χ0) is 21.5. The number of nitrogens with one attached hydrogen (secondary N) is 1. The third-order valence-corrected chi connectivity index (χ3v) is 5.60. The number of hydrogen-bond donors (Lipinski definition) is 1. The molecule has 1 N–H and O–H groups in total. The quantitative estimate of drug-likeness (QED) is 0.543. The van der Waals surface area contributed by atoms with Crippen LogP contribution in [0.15, 0.2) is 54.2 Å². The number of aryl methyl sites for hydroxylation is 2. The van der Waals surface area contributed by atoms with Crippen molar-refractivity contribution in [1.82, 2.24) is 10.3 Å². The molecule has 3 aromatic rings. The van der Waals surface area contributed by atoms with E-state index in [1.807, 2.05) is 43.5 Å². The van der Waals surface area contributed by atoms with E-state index < -0.39 is 6.04 Å². The largest absolute Gasteiger partial charge is 0.488 e. The molecule has 1 aromatic carbocycles. The van der Waals surface area contributed by atoms with Crippen LogP contribution < -0.4 is 10.1 Å². The first-order chi connectivity index (χ1) is 14.5. The highest BCUT2D eigenvalue weighted by molar-refractivity contribution is 7.10. The van der Waals surface area contributed by atoms with E-state index in [4.69, 9.17) is 9.47 Å². The molecule has 3 rings (SSSR count). The highest BCUT2D eigenvalue weighted by Gasteiger charge is 2.21. The van der Waals surface area contributed by atoms with Crippen LogP contribution >= 0.6 is 11.3 Å². The average molecular weight is 425 g/mol. The molecule has 2 aromatic heterocycles.